The predicted octanol–water partition coefficient (Wildman–Crippen LogP) is 5.50. The normalized spacial score (nSPS) is 17.1. The molecule has 0 saturated carbocycles. The van der Waals surface area contributed by atoms with Crippen LogP contribution in [0.15, 0.2) is 53.4 Å². The van der Waals surface area contributed by atoms with Gasteiger partial charge in [0.1, 0.15) is 0 Å². The number of rotatable bonds is 7. The van der Waals surface area contributed by atoms with Crippen LogP contribution in [0.25, 0.3) is 11.1 Å². The van der Waals surface area contributed by atoms with E-state index in [1.807, 2.05) is 12.1 Å². The van der Waals surface area contributed by atoms with Crippen molar-refractivity contribution in [3.63, 3.8) is 0 Å². The molecule has 2 aromatic rings. The lowest BCUT2D eigenvalue weighted by molar-refractivity contribution is 0.0585. The van der Waals surface area contributed by atoms with Crippen molar-refractivity contribution in [3.8, 4) is 11.1 Å². The highest BCUT2D eigenvalue weighted by Crippen LogP contribution is 2.31. The van der Waals surface area contributed by atoms with Gasteiger partial charge in [0.25, 0.3) is 5.91 Å². The topological polar surface area (TPSA) is 29.5 Å². The largest absolute Gasteiger partial charge is 0.385 e. The average Bonchev–Trinajstić information content (AvgIpc) is 2.74. The van der Waals surface area contributed by atoms with E-state index in [2.05, 4.69) is 47.6 Å². The number of piperidine rings is 1. The first-order chi connectivity index (χ1) is 13.2. The summed E-state index contributed by atoms with van der Waals surface area (Å²) in [6.45, 7) is 1.63. The molecule has 1 unspecified atom stereocenters. The molecule has 0 aliphatic carbocycles. The van der Waals surface area contributed by atoms with Gasteiger partial charge >= 0.3 is 0 Å². The molecule has 2 aromatic carbocycles. The van der Waals surface area contributed by atoms with E-state index in [4.69, 9.17) is 4.74 Å². The maximum atomic E-state index is 13.3. The quantitative estimate of drug-likeness (QED) is 0.467. The third-order valence-electron chi connectivity index (χ3n) is 5.30. The molecular formula is C23H29NO2S. The second-order valence-electron chi connectivity index (χ2n) is 7.06. The van der Waals surface area contributed by atoms with Crippen LogP contribution in [-0.4, -0.2) is 43.4 Å². The summed E-state index contributed by atoms with van der Waals surface area (Å²) in [5.41, 5.74) is 3.09. The van der Waals surface area contributed by atoms with Gasteiger partial charge in [-0.15, -0.1) is 11.8 Å². The van der Waals surface area contributed by atoms with Crippen LogP contribution in [0, 0.1) is 0 Å². The molecule has 1 fully saturated rings. The van der Waals surface area contributed by atoms with E-state index in [-0.39, 0.29) is 5.91 Å². The highest BCUT2D eigenvalue weighted by Gasteiger charge is 2.27. The molecule has 3 rings (SSSR count). The summed E-state index contributed by atoms with van der Waals surface area (Å²) in [6, 6.07) is 16.8. The van der Waals surface area contributed by atoms with Crippen molar-refractivity contribution in [3.05, 3.63) is 54.1 Å². The van der Waals surface area contributed by atoms with Gasteiger partial charge in [0.2, 0.25) is 0 Å². The first-order valence-corrected chi connectivity index (χ1v) is 11.0. The smallest absolute Gasteiger partial charge is 0.254 e. The summed E-state index contributed by atoms with van der Waals surface area (Å²) < 4.78 is 5.19. The molecule has 1 atom stereocenters. The van der Waals surface area contributed by atoms with Gasteiger partial charge < -0.3 is 9.64 Å². The molecule has 0 bridgehead atoms. The zero-order chi connectivity index (χ0) is 19.1. The summed E-state index contributed by atoms with van der Waals surface area (Å²) in [5, 5.41) is 0. The fourth-order valence-corrected chi connectivity index (χ4v) is 4.52. The monoisotopic (exact) mass is 383 g/mol. The molecule has 0 N–H and O–H groups in total. The number of amides is 1. The minimum absolute atomic E-state index is 0.167. The zero-order valence-electron chi connectivity index (χ0n) is 16.3. The Morgan fingerprint density at radius 3 is 2.85 bits per heavy atom. The number of ether oxygens (including phenoxy) is 1. The molecule has 4 heteroatoms. The van der Waals surface area contributed by atoms with E-state index in [9.17, 15) is 4.79 Å². The predicted molar refractivity (Wildman–Crippen MR) is 113 cm³/mol. The molecule has 0 aromatic heterocycles. The Balaban J connectivity index is 1.82. The SMILES string of the molecule is COCCCC1CCCCN1C(=O)c1cccc(-c2ccccc2SC)c1. The summed E-state index contributed by atoms with van der Waals surface area (Å²) in [6.07, 6.45) is 7.53. The third-order valence-corrected chi connectivity index (χ3v) is 6.10. The lowest BCUT2D eigenvalue weighted by Crippen LogP contribution is -2.43. The highest BCUT2D eigenvalue weighted by atomic mass is 32.2. The van der Waals surface area contributed by atoms with Crippen LogP contribution in [0.5, 0.6) is 0 Å². The van der Waals surface area contributed by atoms with Crippen molar-refractivity contribution >= 4 is 17.7 Å². The van der Waals surface area contributed by atoms with Crippen LogP contribution in [0.2, 0.25) is 0 Å². The zero-order valence-corrected chi connectivity index (χ0v) is 17.1. The number of nitrogens with zero attached hydrogens (tertiary/aromatic N) is 1. The van der Waals surface area contributed by atoms with Crippen LogP contribution in [0.4, 0.5) is 0 Å². The number of hydrogen-bond donors (Lipinski definition) is 0. The second-order valence-corrected chi connectivity index (χ2v) is 7.91. The molecule has 1 aliphatic rings. The number of benzene rings is 2. The van der Waals surface area contributed by atoms with E-state index >= 15 is 0 Å². The molecule has 3 nitrogen and oxygen atoms in total. The third kappa shape index (κ3) is 4.94. The fourth-order valence-electron chi connectivity index (χ4n) is 3.90. The molecule has 0 spiro atoms. The van der Waals surface area contributed by atoms with Gasteiger partial charge in [-0.25, -0.2) is 0 Å². The Hall–Kier alpha value is -1.78. The number of likely N-dealkylation sites (tertiary alicyclic amines) is 1. The molecule has 144 valence electrons. The van der Waals surface area contributed by atoms with E-state index in [1.165, 1.54) is 16.9 Å². The summed E-state index contributed by atoms with van der Waals surface area (Å²) in [4.78, 5) is 16.6. The second kappa shape index (κ2) is 9.95. The van der Waals surface area contributed by atoms with Crippen molar-refractivity contribution in [2.75, 3.05) is 26.5 Å². The standard InChI is InChI=1S/C23H29NO2S/c1-26-16-8-12-20-11-5-6-15-24(20)23(25)19-10-7-9-18(17-19)21-13-3-4-14-22(21)27-2/h3-4,7,9-10,13-14,17,20H,5-6,8,11-12,15-16H2,1-2H3. The van der Waals surface area contributed by atoms with Crippen LogP contribution in [-0.2, 0) is 4.74 Å². The Morgan fingerprint density at radius 1 is 1.19 bits per heavy atom. The Bertz CT molecular complexity index is 762. The van der Waals surface area contributed by atoms with Gasteiger partial charge in [-0.3, -0.25) is 4.79 Å². The van der Waals surface area contributed by atoms with Crippen molar-refractivity contribution in [1.82, 2.24) is 4.90 Å². The lowest BCUT2D eigenvalue weighted by atomic mass is 9.96. The maximum Gasteiger partial charge on any atom is 0.254 e. The molecule has 1 amide bonds. The minimum atomic E-state index is 0.167. The van der Waals surface area contributed by atoms with Crippen LogP contribution < -0.4 is 0 Å². The summed E-state index contributed by atoms with van der Waals surface area (Å²) in [5.74, 6) is 0.167. The van der Waals surface area contributed by atoms with Crippen molar-refractivity contribution in [2.24, 2.45) is 0 Å². The molecule has 0 radical (unpaired) electrons. The fraction of sp³-hybridized carbons (Fsp3) is 0.435. The van der Waals surface area contributed by atoms with Gasteiger partial charge in [0, 0.05) is 36.8 Å². The number of hydrogen-bond acceptors (Lipinski definition) is 3. The summed E-state index contributed by atoms with van der Waals surface area (Å²) >= 11 is 1.74. The van der Waals surface area contributed by atoms with E-state index in [1.54, 1.807) is 18.9 Å². The van der Waals surface area contributed by atoms with Gasteiger partial charge in [-0.2, -0.15) is 0 Å². The number of carbonyl (C=O) groups is 1. The van der Waals surface area contributed by atoms with Crippen LogP contribution in [0.1, 0.15) is 42.5 Å². The summed E-state index contributed by atoms with van der Waals surface area (Å²) in [7, 11) is 1.74. The molecule has 1 aliphatic heterocycles. The van der Waals surface area contributed by atoms with Gasteiger partial charge in [0.05, 0.1) is 0 Å². The van der Waals surface area contributed by atoms with Crippen LogP contribution >= 0.6 is 11.8 Å². The van der Waals surface area contributed by atoms with Gasteiger partial charge in [-0.1, -0.05) is 30.3 Å². The Kier molecular flexibility index (Phi) is 7.36. The molecule has 1 heterocycles. The number of methoxy groups -OCH3 is 1. The molecule has 1 saturated heterocycles. The Morgan fingerprint density at radius 2 is 2.04 bits per heavy atom. The lowest BCUT2D eigenvalue weighted by Gasteiger charge is -2.36. The first kappa shape index (κ1) is 20.0. The average molecular weight is 384 g/mol. The van der Waals surface area contributed by atoms with Crippen LogP contribution in [0.3, 0.4) is 0 Å². The highest BCUT2D eigenvalue weighted by molar-refractivity contribution is 7.98. The Labute approximate surface area is 167 Å². The molecule has 27 heavy (non-hydrogen) atoms. The molecular weight excluding hydrogens is 354 g/mol. The maximum absolute atomic E-state index is 13.3. The van der Waals surface area contributed by atoms with Crippen molar-refractivity contribution in [1.29, 1.82) is 0 Å². The van der Waals surface area contributed by atoms with Gasteiger partial charge in [-0.05, 0) is 67.7 Å². The minimum Gasteiger partial charge on any atom is -0.385 e. The van der Waals surface area contributed by atoms with E-state index in [0.717, 1.165) is 50.0 Å². The first-order valence-electron chi connectivity index (χ1n) is 9.78. The number of thioether (sulfide) groups is 1. The van der Waals surface area contributed by atoms with Gasteiger partial charge in [0.15, 0.2) is 0 Å². The van der Waals surface area contributed by atoms with E-state index < -0.39 is 0 Å². The van der Waals surface area contributed by atoms with Crippen molar-refractivity contribution in [2.45, 2.75) is 43.0 Å². The van der Waals surface area contributed by atoms with E-state index in [0.29, 0.717) is 6.04 Å². The number of carbonyl (C=O) groups excluding carboxylic acids is 1. The van der Waals surface area contributed by atoms with Crippen molar-refractivity contribution < 1.29 is 9.53 Å².